The van der Waals surface area contributed by atoms with Gasteiger partial charge in [-0.1, -0.05) is 0 Å². The molecule has 106 valence electrons. The lowest BCUT2D eigenvalue weighted by atomic mass is 10.3. The maximum absolute atomic E-state index is 12.2. The fourth-order valence-corrected chi connectivity index (χ4v) is 2.51. The fourth-order valence-electron chi connectivity index (χ4n) is 1.72. The van der Waals surface area contributed by atoms with E-state index in [0.717, 1.165) is 5.69 Å². The van der Waals surface area contributed by atoms with E-state index in [0.29, 0.717) is 4.88 Å². The zero-order valence-corrected chi connectivity index (χ0v) is 11.6. The van der Waals surface area contributed by atoms with Crippen molar-refractivity contribution in [3.05, 3.63) is 40.8 Å². The van der Waals surface area contributed by atoms with E-state index in [2.05, 4.69) is 10.1 Å². The van der Waals surface area contributed by atoms with Gasteiger partial charge in [-0.25, -0.2) is 4.79 Å². The first-order chi connectivity index (χ1) is 9.67. The number of aromatic nitrogens is 1. The summed E-state index contributed by atoms with van der Waals surface area (Å²) in [5.74, 6) is -1.10. The van der Waals surface area contributed by atoms with Crippen LogP contribution in [-0.4, -0.2) is 41.3 Å². The minimum Gasteiger partial charge on any atom is -0.467 e. The molecule has 2 aromatic rings. The van der Waals surface area contributed by atoms with Crippen LogP contribution < -0.4 is 5.32 Å². The second-order valence-corrected chi connectivity index (χ2v) is 4.87. The molecule has 0 radical (unpaired) electrons. The van der Waals surface area contributed by atoms with E-state index < -0.39 is 24.5 Å². The molecule has 1 amide bonds. The van der Waals surface area contributed by atoms with Crippen LogP contribution in [0.4, 0.5) is 0 Å². The Morgan fingerprint density at radius 1 is 1.45 bits per heavy atom. The van der Waals surface area contributed by atoms with Gasteiger partial charge in [0.05, 0.1) is 19.4 Å². The van der Waals surface area contributed by atoms with Crippen LogP contribution in [-0.2, 0) is 9.53 Å². The average Bonchev–Trinajstić information content (AvgIpc) is 3.12. The highest BCUT2D eigenvalue weighted by molar-refractivity contribution is 7.12. The summed E-state index contributed by atoms with van der Waals surface area (Å²) in [6.45, 7) is -0.511. The smallest absolute Gasteiger partial charge is 0.330 e. The van der Waals surface area contributed by atoms with E-state index in [1.165, 1.54) is 18.4 Å². The summed E-state index contributed by atoms with van der Waals surface area (Å²) in [6, 6.07) is 4.45. The van der Waals surface area contributed by atoms with Crippen LogP contribution in [0.15, 0.2) is 36.0 Å². The summed E-state index contributed by atoms with van der Waals surface area (Å²) in [5.41, 5.74) is 0.721. The summed E-state index contributed by atoms with van der Waals surface area (Å²) >= 11 is 1.26. The largest absolute Gasteiger partial charge is 0.467 e. The molecule has 2 heterocycles. The van der Waals surface area contributed by atoms with Gasteiger partial charge in [0.25, 0.3) is 5.91 Å². The molecule has 0 spiro atoms. The van der Waals surface area contributed by atoms with Crippen molar-refractivity contribution in [1.82, 2.24) is 9.88 Å². The number of thiophene rings is 1. The molecule has 20 heavy (non-hydrogen) atoms. The van der Waals surface area contributed by atoms with Gasteiger partial charge in [0.1, 0.15) is 4.88 Å². The Labute approximate surface area is 119 Å². The number of methoxy groups -OCH3 is 1. The third kappa shape index (κ3) is 2.89. The topological polar surface area (TPSA) is 80.6 Å². The molecule has 0 aliphatic carbocycles. The maximum Gasteiger partial charge on any atom is 0.330 e. The highest BCUT2D eigenvalue weighted by atomic mass is 32.1. The molecule has 0 saturated carbocycles. The van der Waals surface area contributed by atoms with Gasteiger partial charge in [-0.05, 0) is 23.6 Å². The Kier molecular flexibility index (Phi) is 4.54. The van der Waals surface area contributed by atoms with Crippen molar-refractivity contribution in [2.24, 2.45) is 0 Å². The van der Waals surface area contributed by atoms with E-state index in [1.807, 2.05) is 30.6 Å². The monoisotopic (exact) mass is 294 g/mol. The van der Waals surface area contributed by atoms with Gasteiger partial charge >= 0.3 is 5.97 Å². The first-order valence-corrected chi connectivity index (χ1v) is 6.75. The van der Waals surface area contributed by atoms with Crippen molar-refractivity contribution in [3.8, 4) is 5.69 Å². The standard InChI is InChI=1S/C13H14N2O4S/c1-19-13(18)9(8-16)14-12(17)11-10(4-7-20-11)15-5-2-3-6-15/h2-7,9,16H,8H2,1H3,(H,14,17). The van der Waals surface area contributed by atoms with Crippen LogP contribution in [0.1, 0.15) is 9.67 Å². The Balaban J connectivity index is 2.18. The molecule has 2 rings (SSSR count). The zero-order chi connectivity index (χ0) is 14.5. The van der Waals surface area contributed by atoms with Gasteiger partial charge in [-0.15, -0.1) is 11.3 Å². The molecule has 0 aliphatic rings. The highest BCUT2D eigenvalue weighted by Crippen LogP contribution is 2.21. The van der Waals surface area contributed by atoms with E-state index in [9.17, 15) is 9.59 Å². The fraction of sp³-hybridized carbons (Fsp3) is 0.231. The van der Waals surface area contributed by atoms with Crippen molar-refractivity contribution in [1.29, 1.82) is 0 Å². The van der Waals surface area contributed by atoms with Crippen LogP contribution >= 0.6 is 11.3 Å². The summed E-state index contributed by atoms with van der Waals surface area (Å²) in [6.07, 6.45) is 3.64. The molecule has 0 aromatic carbocycles. The summed E-state index contributed by atoms with van der Waals surface area (Å²) in [4.78, 5) is 24.0. The first-order valence-electron chi connectivity index (χ1n) is 5.87. The van der Waals surface area contributed by atoms with Gasteiger partial charge < -0.3 is 19.7 Å². The second-order valence-electron chi connectivity index (χ2n) is 3.96. The first kappa shape index (κ1) is 14.3. The van der Waals surface area contributed by atoms with E-state index in [1.54, 1.807) is 9.95 Å². The van der Waals surface area contributed by atoms with Crippen molar-refractivity contribution in [3.63, 3.8) is 0 Å². The predicted molar refractivity (Wildman–Crippen MR) is 74.0 cm³/mol. The van der Waals surface area contributed by atoms with Crippen LogP contribution in [0, 0.1) is 0 Å². The van der Waals surface area contributed by atoms with E-state index in [-0.39, 0.29) is 0 Å². The number of aliphatic hydroxyl groups excluding tert-OH is 1. The molecule has 1 unspecified atom stereocenters. The number of ether oxygens (including phenoxy) is 1. The number of hydrogen-bond acceptors (Lipinski definition) is 5. The SMILES string of the molecule is COC(=O)C(CO)NC(=O)c1sccc1-n1cccc1. The van der Waals surface area contributed by atoms with Crippen molar-refractivity contribution in [2.45, 2.75) is 6.04 Å². The number of amides is 1. The summed E-state index contributed by atoms with van der Waals surface area (Å²) < 4.78 is 6.31. The lowest BCUT2D eigenvalue weighted by Gasteiger charge is -2.14. The lowest BCUT2D eigenvalue weighted by molar-refractivity contribution is -0.143. The van der Waals surface area contributed by atoms with Gasteiger partial charge in [-0.3, -0.25) is 4.79 Å². The molecule has 7 heteroatoms. The van der Waals surface area contributed by atoms with Crippen LogP contribution in [0.25, 0.3) is 5.69 Å². The lowest BCUT2D eigenvalue weighted by Crippen LogP contribution is -2.44. The Hall–Kier alpha value is -2.12. The maximum atomic E-state index is 12.2. The van der Waals surface area contributed by atoms with E-state index >= 15 is 0 Å². The number of carbonyl (C=O) groups excluding carboxylic acids is 2. The molecule has 6 nitrogen and oxygen atoms in total. The van der Waals surface area contributed by atoms with Crippen LogP contribution in [0.2, 0.25) is 0 Å². The zero-order valence-electron chi connectivity index (χ0n) is 10.8. The van der Waals surface area contributed by atoms with Crippen LogP contribution in [0.5, 0.6) is 0 Å². The molecular formula is C13H14N2O4S. The quantitative estimate of drug-likeness (QED) is 0.799. The summed E-state index contributed by atoms with van der Waals surface area (Å²) in [7, 11) is 1.20. The number of hydrogen-bond donors (Lipinski definition) is 2. The number of aliphatic hydroxyl groups is 1. The molecule has 2 aromatic heterocycles. The number of esters is 1. The molecule has 0 fully saturated rings. The minimum absolute atomic E-state index is 0.423. The van der Waals surface area contributed by atoms with Crippen molar-refractivity contribution >= 4 is 23.2 Å². The second kappa shape index (κ2) is 6.36. The average molecular weight is 294 g/mol. The molecule has 0 bridgehead atoms. The molecule has 0 saturated heterocycles. The summed E-state index contributed by atoms with van der Waals surface area (Å²) in [5, 5.41) is 13.4. The van der Waals surface area contributed by atoms with Gasteiger partial charge in [0.15, 0.2) is 6.04 Å². The van der Waals surface area contributed by atoms with Crippen molar-refractivity contribution < 1.29 is 19.4 Å². The Morgan fingerprint density at radius 2 is 2.15 bits per heavy atom. The van der Waals surface area contributed by atoms with Crippen LogP contribution in [0.3, 0.4) is 0 Å². The molecule has 0 aliphatic heterocycles. The predicted octanol–water partition coefficient (Wildman–Crippen LogP) is 0.802. The Morgan fingerprint density at radius 3 is 2.75 bits per heavy atom. The number of nitrogens with one attached hydrogen (secondary N) is 1. The number of carbonyl (C=O) groups is 2. The molecule has 1 atom stereocenters. The van der Waals surface area contributed by atoms with Gasteiger partial charge in [0, 0.05) is 12.4 Å². The number of nitrogens with zero attached hydrogens (tertiary/aromatic N) is 1. The third-order valence-electron chi connectivity index (χ3n) is 2.71. The molecule has 2 N–H and O–H groups in total. The molecular weight excluding hydrogens is 280 g/mol. The van der Waals surface area contributed by atoms with Gasteiger partial charge in [0.2, 0.25) is 0 Å². The minimum atomic E-state index is -1.06. The third-order valence-corrected chi connectivity index (χ3v) is 3.61. The number of rotatable bonds is 5. The van der Waals surface area contributed by atoms with E-state index in [4.69, 9.17) is 5.11 Å². The Bertz CT molecular complexity index is 591. The highest BCUT2D eigenvalue weighted by Gasteiger charge is 2.23. The normalized spacial score (nSPS) is 11.9. The van der Waals surface area contributed by atoms with Crippen molar-refractivity contribution in [2.75, 3.05) is 13.7 Å². The van der Waals surface area contributed by atoms with Gasteiger partial charge in [-0.2, -0.15) is 0 Å².